The molecule has 2 aromatic rings. The first-order valence-corrected chi connectivity index (χ1v) is 17.2. The number of nitrogens with zero attached hydrogens (tertiary/aromatic N) is 6. The average Bonchev–Trinajstić information content (AvgIpc) is 2.96. The maximum absolute atomic E-state index is 11.2. The van der Waals surface area contributed by atoms with Gasteiger partial charge in [-0.05, 0) is 65.4 Å². The van der Waals surface area contributed by atoms with E-state index in [9.17, 15) is 13.0 Å². The van der Waals surface area contributed by atoms with Gasteiger partial charge in [0.2, 0.25) is 5.36 Å². The van der Waals surface area contributed by atoms with Crippen molar-refractivity contribution in [2.45, 2.75) is 19.7 Å². The summed E-state index contributed by atoms with van der Waals surface area (Å²) in [6, 6.07) is 18.0. The number of hydrogen-bond donors (Lipinski definition) is 0. The third-order valence-corrected chi connectivity index (χ3v) is 9.60. The van der Waals surface area contributed by atoms with Crippen molar-refractivity contribution in [3.8, 4) is 10.6 Å². The van der Waals surface area contributed by atoms with Crippen molar-refractivity contribution in [3.05, 3.63) is 91.7 Å². The molecular formula is C35H48N6O3S3. The van der Waals surface area contributed by atoms with Gasteiger partial charge in [0.15, 0.2) is 14.9 Å². The first kappa shape index (κ1) is 41.2. The zero-order valence-electron chi connectivity index (χ0n) is 27.1. The van der Waals surface area contributed by atoms with Gasteiger partial charge in [0.05, 0.1) is 32.2 Å². The molecule has 0 saturated heterocycles. The Labute approximate surface area is 289 Å². The Kier molecular flexibility index (Phi) is 15.2. The van der Waals surface area contributed by atoms with Crippen LogP contribution in [-0.2, 0) is 9.15 Å². The number of allylic oxidation sites excluding steroid dienone is 4. The quantitative estimate of drug-likeness (QED) is 0.0592. The van der Waals surface area contributed by atoms with Crippen molar-refractivity contribution in [3.63, 3.8) is 0 Å². The maximum Gasteiger partial charge on any atom is 0.201 e. The van der Waals surface area contributed by atoms with E-state index in [1.54, 1.807) is 23.5 Å². The molecule has 47 heavy (non-hydrogen) atoms. The smallest absolute Gasteiger partial charge is 0.201 e. The predicted octanol–water partition coefficient (Wildman–Crippen LogP) is 6.44. The highest BCUT2D eigenvalue weighted by molar-refractivity contribution is 8.69. The Morgan fingerprint density at radius 2 is 1.40 bits per heavy atom. The number of fused-ring (bicyclic) bond motifs is 2. The summed E-state index contributed by atoms with van der Waals surface area (Å²) in [5.74, 6) is 0. The molecule has 0 radical (unpaired) electrons. The van der Waals surface area contributed by atoms with Gasteiger partial charge in [-0.1, -0.05) is 14.9 Å². The summed E-state index contributed by atoms with van der Waals surface area (Å²) in [7, 11) is 11.6. The Morgan fingerprint density at radius 1 is 0.809 bits per heavy atom. The third kappa shape index (κ3) is 11.1. The van der Waals surface area contributed by atoms with Crippen molar-refractivity contribution < 1.29 is 17.5 Å². The number of benzene rings is 3. The number of hydrogen-bond acceptors (Lipinski definition) is 9. The van der Waals surface area contributed by atoms with Gasteiger partial charge in [0, 0.05) is 68.7 Å². The summed E-state index contributed by atoms with van der Waals surface area (Å²) in [6.45, 7) is 0. The Hall–Kier alpha value is -3.84. The highest BCUT2D eigenvalue weighted by Crippen LogP contribution is 2.36. The van der Waals surface area contributed by atoms with Crippen molar-refractivity contribution in [2.24, 2.45) is 4.99 Å². The molecule has 0 spiro atoms. The SMILES string of the molecule is C.C.CN(C)c1ccc(N=C2C=CC(=[N+](C)C)C=C2)c(SS(=O)(=O)[O-])c1.CN(C)c1ccc2nc3ccc(=[N+](C)C)cc-3sc2c1.[CH3-]. The molecule has 0 N–H and O–H groups in total. The Bertz CT molecular complexity index is 1950. The summed E-state index contributed by atoms with van der Waals surface area (Å²) >= 11 is 1.80. The normalized spacial score (nSPS) is 11.9. The fourth-order valence-electron chi connectivity index (χ4n) is 4.17. The van der Waals surface area contributed by atoms with Gasteiger partial charge in [-0.15, -0.1) is 11.3 Å². The molecule has 0 aromatic heterocycles. The lowest BCUT2D eigenvalue weighted by Crippen LogP contribution is -2.21. The van der Waals surface area contributed by atoms with Gasteiger partial charge < -0.3 is 21.8 Å². The van der Waals surface area contributed by atoms with Gasteiger partial charge in [-0.3, -0.25) is 0 Å². The number of rotatable bonds is 5. The molecule has 1 aliphatic heterocycles. The predicted molar refractivity (Wildman–Crippen MR) is 206 cm³/mol. The molecule has 0 fully saturated rings. The van der Waals surface area contributed by atoms with E-state index in [0.717, 1.165) is 22.6 Å². The molecule has 1 heterocycles. The fourth-order valence-corrected chi connectivity index (χ4v) is 6.85. The van der Waals surface area contributed by atoms with Gasteiger partial charge in [-0.2, -0.15) is 0 Å². The zero-order valence-corrected chi connectivity index (χ0v) is 29.6. The van der Waals surface area contributed by atoms with E-state index in [4.69, 9.17) is 4.98 Å². The van der Waals surface area contributed by atoms with E-state index in [2.05, 4.69) is 79.1 Å². The van der Waals surface area contributed by atoms with Crippen LogP contribution in [0.25, 0.3) is 20.8 Å². The van der Waals surface area contributed by atoms with Crippen LogP contribution in [0, 0.1) is 7.43 Å². The topological polar surface area (TPSA) is 95.0 Å². The summed E-state index contributed by atoms with van der Waals surface area (Å²) in [5.41, 5.74) is 6.29. The van der Waals surface area contributed by atoms with Crippen LogP contribution in [0.15, 0.2) is 88.8 Å². The summed E-state index contributed by atoms with van der Waals surface area (Å²) in [5, 5.41) is 1.21. The van der Waals surface area contributed by atoms with Crippen LogP contribution in [0.3, 0.4) is 0 Å². The molecule has 2 aliphatic carbocycles. The van der Waals surface area contributed by atoms with Gasteiger partial charge in [0.1, 0.15) is 28.2 Å². The maximum atomic E-state index is 11.2. The Balaban J connectivity index is 0.000000447. The van der Waals surface area contributed by atoms with E-state index < -0.39 is 9.15 Å². The molecular weight excluding hydrogens is 649 g/mol. The van der Waals surface area contributed by atoms with E-state index in [1.807, 2.05) is 68.0 Å². The molecule has 254 valence electrons. The second kappa shape index (κ2) is 17.4. The first-order chi connectivity index (χ1) is 20.7. The lowest BCUT2D eigenvalue weighted by molar-refractivity contribution is -0.462. The summed E-state index contributed by atoms with van der Waals surface area (Å²) < 4.78 is 38.8. The van der Waals surface area contributed by atoms with Crippen LogP contribution < -0.4 is 19.7 Å². The monoisotopic (exact) mass is 696 g/mol. The molecule has 0 atom stereocenters. The summed E-state index contributed by atoms with van der Waals surface area (Å²) in [6.07, 6.45) is 7.53. The van der Waals surface area contributed by atoms with Crippen molar-refractivity contribution in [1.29, 1.82) is 0 Å². The van der Waals surface area contributed by atoms with Crippen LogP contribution in [0.1, 0.15) is 14.9 Å². The number of aromatic nitrogens is 1. The largest absolute Gasteiger partial charge is 0.739 e. The van der Waals surface area contributed by atoms with Gasteiger partial charge in [0.25, 0.3) is 0 Å². The first-order valence-electron chi connectivity index (χ1n) is 13.7. The average molecular weight is 697 g/mol. The van der Waals surface area contributed by atoms with E-state index >= 15 is 0 Å². The minimum atomic E-state index is -4.47. The van der Waals surface area contributed by atoms with Crippen LogP contribution >= 0.6 is 22.1 Å². The van der Waals surface area contributed by atoms with Crippen molar-refractivity contribution in [2.75, 3.05) is 66.2 Å². The van der Waals surface area contributed by atoms with Crippen molar-refractivity contribution >= 4 is 70.0 Å². The molecule has 0 unspecified atom stereocenters. The molecule has 5 rings (SSSR count). The van der Waals surface area contributed by atoms with Gasteiger partial charge >= 0.3 is 0 Å². The lowest BCUT2D eigenvalue weighted by atomic mass is 10.1. The fraction of sp³-hybridized carbons (Fsp3) is 0.286. The second-order valence-corrected chi connectivity index (χ2v) is 15.1. The molecule has 2 aromatic carbocycles. The number of anilines is 2. The van der Waals surface area contributed by atoms with E-state index in [1.165, 1.54) is 20.6 Å². The molecule has 12 heteroatoms. The minimum absolute atomic E-state index is 0. The van der Waals surface area contributed by atoms with Crippen LogP contribution in [0.4, 0.5) is 17.1 Å². The van der Waals surface area contributed by atoms with E-state index in [-0.39, 0.29) is 33.1 Å². The molecule has 0 saturated carbocycles. The Morgan fingerprint density at radius 3 is 1.96 bits per heavy atom. The van der Waals surface area contributed by atoms with E-state index in [0.29, 0.717) is 16.3 Å². The second-order valence-electron chi connectivity index (χ2n) is 10.9. The lowest BCUT2D eigenvalue weighted by Gasteiger charge is -2.16. The molecule has 0 bridgehead atoms. The highest BCUT2D eigenvalue weighted by Gasteiger charge is 2.12. The van der Waals surface area contributed by atoms with Crippen LogP contribution in [0.2, 0.25) is 0 Å². The highest BCUT2D eigenvalue weighted by atomic mass is 33.1. The molecule has 9 nitrogen and oxygen atoms in total. The van der Waals surface area contributed by atoms with Crippen LogP contribution in [-0.4, -0.2) is 90.3 Å². The zero-order chi connectivity index (χ0) is 32.2. The van der Waals surface area contributed by atoms with Crippen LogP contribution in [0.5, 0.6) is 0 Å². The van der Waals surface area contributed by atoms with Gasteiger partial charge in [-0.25, -0.2) is 27.5 Å². The summed E-state index contributed by atoms with van der Waals surface area (Å²) in [4.78, 5) is 14.7. The standard InChI is InChI=1S/C16H19N3O3S2.C16H18N3S.2CH4.CH3/c1-18(2)13-7-5-12(6-8-13)17-15-10-9-14(19(3)4)11-16(15)23-24(20,21)22;1-18(2)11-5-7-13-15(9-11)20-16-10-12(19(3)4)6-8-14(16)17-13;;;/h5-11H,1-4H3;5-10H,1-4H3;2*1H4;1H3/q;+1;;;-1. The molecule has 3 aliphatic rings. The molecule has 0 amide bonds. The van der Waals surface area contributed by atoms with Crippen molar-refractivity contribution in [1.82, 2.24) is 9.56 Å². The minimum Gasteiger partial charge on any atom is -0.739 e. The third-order valence-electron chi connectivity index (χ3n) is 6.65. The number of aliphatic imine (C=N–C) groups is 1.